The Morgan fingerprint density at radius 1 is 1.06 bits per heavy atom. The van der Waals surface area contributed by atoms with Crippen LogP contribution in [0.15, 0.2) is 18.2 Å². The molecule has 1 saturated carbocycles. The summed E-state index contributed by atoms with van der Waals surface area (Å²) in [5.41, 5.74) is 13.0. The SMILES string of the molecule is CC1(C)CCCCC1.N#Cc1ccc(N)c(N)c1. The van der Waals surface area contributed by atoms with E-state index in [4.69, 9.17) is 16.7 Å². The first kappa shape index (κ1) is 14.4. The number of nitrogens with two attached hydrogens (primary N) is 2. The summed E-state index contributed by atoms with van der Waals surface area (Å²) in [7, 11) is 0. The average Bonchev–Trinajstić information content (AvgIpc) is 2.33. The number of nitrogens with zero attached hydrogens (tertiary/aromatic N) is 1. The molecular weight excluding hydrogens is 222 g/mol. The summed E-state index contributed by atoms with van der Waals surface area (Å²) in [6.07, 6.45) is 7.31. The fourth-order valence-corrected chi connectivity index (χ4v) is 2.15. The van der Waals surface area contributed by atoms with Crippen molar-refractivity contribution in [3.63, 3.8) is 0 Å². The van der Waals surface area contributed by atoms with Gasteiger partial charge in [-0.1, -0.05) is 33.1 Å². The molecular formula is C15H23N3. The van der Waals surface area contributed by atoms with Crippen LogP contribution in [-0.4, -0.2) is 0 Å². The second-order valence-corrected chi connectivity index (χ2v) is 5.68. The van der Waals surface area contributed by atoms with Crippen molar-refractivity contribution < 1.29 is 0 Å². The van der Waals surface area contributed by atoms with Crippen LogP contribution in [0.4, 0.5) is 11.4 Å². The minimum Gasteiger partial charge on any atom is -0.397 e. The number of nitrogen functional groups attached to an aromatic ring is 2. The van der Waals surface area contributed by atoms with Gasteiger partial charge in [0.1, 0.15) is 0 Å². The van der Waals surface area contributed by atoms with Crippen LogP contribution in [-0.2, 0) is 0 Å². The molecule has 0 spiro atoms. The van der Waals surface area contributed by atoms with Crippen LogP contribution < -0.4 is 11.5 Å². The van der Waals surface area contributed by atoms with Gasteiger partial charge in [0.15, 0.2) is 0 Å². The molecule has 0 radical (unpaired) electrons. The molecule has 3 heteroatoms. The molecule has 0 unspecified atom stereocenters. The Hall–Kier alpha value is -1.69. The third kappa shape index (κ3) is 4.67. The van der Waals surface area contributed by atoms with Gasteiger partial charge in [-0.3, -0.25) is 0 Å². The minimum absolute atomic E-state index is 0.457. The van der Waals surface area contributed by atoms with Crippen molar-refractivity contribution in [3.8, 4) is 6.07 Å². The van der Waals surface area contributed by atoms with Gasteiger partial charge in [0, 0.05) is 0 Å². The topological polar surface area (TPSA) is 75.8 Å². The van der Waals surface area contributed by atoms with E-state index in [1.165, 1.54) is 32.1 Å². The molecule has 1 aliphatic carbocycles. The fraction of sp³-hybridized carbons (Fsp3) is 0.533. The van der Waals surface area contributed by atoms with E-state index in [0.717, 1.165) is 0 Å². The summed E-state index contributed by atoms with van der Waals surface area (Å²) < 4.78 is 0. The van der Waals surface area contributed by atoms with E-state index < -0.39 is 0 Å². The van der Waals surface area contributed by atoms with Gasteiger partial charge in [-0.2, -0.15) is 5.26 Å². The first-order valence-corrected chi connectivity index (χ1v) is 6.50. The summed E-state index contributed by atoms with van der Waals surface area (Å²) in [5, 5.41) is 8.41. The van der Waals surface area contributed by atoms with E-state index in [2.05, 4.69) is 13.8 Å². The summed E-state index contributed by atoms with van der Waals surface area (Å²) in [6, 6.07) is 6.76. The zero-order chi connectivity index (χ0) is 13.6. The molecule has 0 atom stereocenters. The van der Waals surface area contributed by atoms with Gasteiger partial charge in [0.2, 0.25) is 0 Å². The molecule has 0 heterocycles. The van der Waals surface area contributed by atoms with Gasteiger partial charge >= 0.3 is 0 Å². The number of anilines is 2. The van der Waals surface area contributed by atoms with E-state index >= 15 is 0 Å². The molecule has 0 amide bonds. The van der Waals surface area contributed by atoms with E-state index in [9.17, 15) is 0 Å². The maximum atomic E-state index is 8.41. The molecule has 0 bridgehead atoms. The van der Waals surface area contributed by atoms with Gasteiger partial charge in [0.25, 0.3) is 0 Å². The number of rotatable bonds is 0. The Bertz CT molecular complexity index is 422. The quantitative estimate of drug-likeness (QED) is 0.684. The molecule has 0 saturated heterocycles. The highest BCUT2D eigenvalue weighted by molar-refractivity contribution is 5.65. The predicted molar refractivity (Wildman–Crippen MR) is 76.8 cm³/mol. The van der Waals surface area contributed by atoms with E-state index in [1.807, 2.05) is 6.07 Å². The molecule has 2 rings (SSSR count). The van der Waals surface area contributed by atoms with Crippen molar-refractivity contribution in [2.45, 2.75) is 46.0 Å². The lowest BCUT2D eigenvalue weighted by Gasteiger charge is -2.28. The zero-order valence-electron chi connectivity index (χ0n) is 11.4. The highest BCUT2D eigenvalue weighted by atomic mass is 14.7. The van der Waals surface area contributed by atoms with Gasteiger partial charge in [0.05, 0.1) is 23.0 Å². The van der Waals surface area contributed by atoms with Crippen molar-refractivity contribution in [2.24, 2.45) is 5.41 Å². The largest absolute Gasteiger partial charge is 0.397 e. The third-order valence-corrected chi connectivity index (χ3v) is 3.42. The molecule has 0 aliphatic heterocycles. The highest BCUT2D eigenvalue weighted by Crippen LogP contribution is 2.34. The van der Waals surface area contributed by atoms with Crippen LogP contribution in [0, 0.1) is 16.7 Å². The van der Waals surface area contributed by atoms with Crippen LogP contribution in [0.2, 0.25) is 0 Å². The molecule has 1 aliphatic rings. The normalized spacial score (nSPS) is 17.2. The average molecular weight is 245 g/mol. The maximum absolute atomic E-state index is 8.41. The van der Waals surface area contributed by atoms with Crippen LogP contribution in [0.5, 0.6) is 0 Å². The first-order chi connectivity index (χ1) is 8.44. The molecule has 4 N–H and O–H groups in total. The van der Waals surface area contributed by atoms with Gasteiger partial charge in [-0.25, -0.2) is 0 Å². The predicted octanol–water partition coefficient (Wildman–Crippen LogP) is 3.70. The lowest BCUT2D eigenvalue weighted by Crippen LogP contribution is -2.14. The van der Waals surface area contributed by atoms with Crippen LogP contribution >= 0.6 is 0 Å². The van der Waals surface area contributed by atoms with Crippen molar-refractivity contribution in [1.82, 2.24) is 0 Å². The summed E-state index contributed by atoms with van der Waals surface area (Å²) in [4.78, 5) is 0. The highest BCUT2D eigenvalue weighted by Gasteiger charge is 2.19. The van der Waals surface area contributed by atoms with E-state index in [-0.39, 0.29) is 0 Å². The molecule has 1 aromatic rings. The summed E-state index contributed by atoms with van der Waals surface area (Å²) >= 11 is 0. The Kier molecular flexibility index (Phi) is 5.03. The van der Waals surface area contributed by atoms with Crippen molar-refractivity contribution in [2.75, 3.05) is 11.5 Å². The van der Waals surface area contributed by atoms with Crippen molar-refractivity contribution in [3.05, 3.63) is 23.8 Å². The van der Waals surface area contributed by atoms with Gasteiger partial charge in [-0.05, 0) is 36.5 Å². The Morgan fingerprint density at radius 3 is 2.06 bits per heavy atom. The molecule has 1 fully saturated rings. The summed E-state index contributed by atoms with van der Waals surface area (Å²) in [5.74, 6) is 0. The maximum Gasteiger partial charge on any atom is 0.0992 e. The number of hydrogen-bond acceptors (Lipinski definition) is 3. The Morgan fingerprint density at radius 2 is 1.67 bits per heavy atom. The van der Waals surface area contributed by atoms with E-state index in [0.29, 0.717) is 22.4 Å². The minimum atomic E-state index is 0.457. The Balaban J connectivity index is 0.000000184. The third-order valence-electron chi connectivity index (χ3n) is 3.42. The lowest BCUT2D eigenvalue weighted by molar-refractivity contribution is 0.244. The lowest BCUT2D eigenvalue weighted by atomic mass is 9.78. The molecule has 3 nitrogen and oxygen atoms in total. The number of nitriles is 1. The number of hydrogen-bond donors (Lipinski definition) is 2. The molecule has 98 valence electrons. The fourth-order valence-electron chi connectivity index (χ4n) is 2.15. The van der Waals surface area contributed by atoms with Gasteiger partial charge in [-0.15, -0.1) is 0 Å². The van der Waals surface area contributed by atoms with Crippen molar-refractivity contribution in [1.29, 1.82) is 5.26 Å². The van der Waals surface area contributed by atoms with Crippen LogP contribution in [0.3, 0.4) is 0 Å². The smallest absolute Gasteiger partial charge is 0.0992 e. The standard InChI is InChI=1S/C8H16.C7H7N3/c1-8(2)6-4-3-5-7-8;8-4-5-1-2-6(9)7(10)3-5/h3-7H2,1-2H3;1-3H,9-10H2. The second kappa shape index (κ2) is 6.30. The van der Waals surface area contributed by atoms with Crippen LogP contribution in [0.1, 0.15) is 51.5 Å². The summed E-state index contributed by atoms with van der Waals surface area (Å²) in [6.45, 7) is 4.76. The molecule has 18 heavy (non-hydrogen) atoms. The van der Waals surface area contributed by atoms with Crippen LogP contribution in [0.25, 0.3) is 0 Å². The molecule has 0 aromatic heterocycles. The Labute approximate surface area is 110 Å². The van der Waals surface area contributed by atoms with Crippen molar-refractivity contribution >= 4 is 11.4 Å². The van der Waals surface area contributed by atoms with E-state index in [1.54, 1.807) is 18.2 Å². The molecule has 1 aromatic carbocycles. The monoisotopic (exact) mass is 245 g/mol. The zero-order valence-corrected chi connectivity index (χ0v) is 11.4. The van der Waals surface area contributed by atoms with Gasteiger partial charge < -0.3 is 11.5 Å². The second-order valence-electron chi connectivity index (χ2n) is 5.68. The first-order valence-electron chi connectivity index (χ1n) is 6.50. The number of benzene rings is 1.